The van der Waals surface area contributed by atoms with Crippen LogP contribution in [0, 0.1) is 0 Å². The van der Waals surface area contributed by atoms with Crippen molar-refractivity contribution in [3.8, 4) is 0 Å². The lowest BCUT2D eigenvalue weighted by molar-refractivity contribution is -0.131. The molecule has 0 bridgehead atoms. The van der Waals surface area contributed by atoms with Crippen LogP contribution in [0.3, 0.4) is 0 Å². The van der Waals surface area contributed by atoms with Crippen molar-refractivity contribution >= 4 is 46.4 Å². The number of thiophene rings is 1. The molecule has 0 radical (unpaired) electrons. The monoisotopic (exact) mass is 424 g/mol. The maximum Gasteiger partial charge on any atom is 0.224 e. The van der Waals surface area contributed by atoms with Gasteiger partial charge >= 0.3 is 0 Å². The maximum absolute atomic E-state index is 12.5. The zero-order valence-corrected chi connectivity index (χ0v) is 17.4. The van der Waals surface area contributed by atoms with Crippen molar-refractivity contribution in [3.05, 3.63) is 55.7 Å². The molecule has 1 amide bonds. The van der Waals surface area contributed by atoms with Gasteiger partial charge in [-0.05, 0) is 41.1 Å². The molecular formula is C19H22Cl2N4OS. The highest BCUT2D eigenvalue weighted by Gasteiger charge is 2.21. The molecule has 144 valence electrons. The van der Waals surface area contributed by atoms with Crippen molar-refractivity contribution in [2.24, 2.45) is 4.99 Å². The average Bonchev–Trinajstić information content (AvgIpc) is 3.13. The second-order valence-corrected chi connectivity index (χ2v) is 8.12. The molecular weight excluding hydrogens is 403 g/mol. The van der Waals surface area contributed by atoms with Gasteiger partial charge in [-0.15, -0.1) is 11.3 Å². The lowest BCUT2D eigenvalue weighted by Crippen LogP contribution is -2.40. The highest BCUT2D eigenvalue weighted by atomic mass is 35.5. The first-order valence-electron chi connectivity index (χ1n) is 8.78. The number of guanidine groups is 1. The summed E-state index contributed by atoms with van der Waals surface area (Å²) in [7, 11) is 1.70. The number of benzene rings is 1. The fraction of sp³-hybridized carbons (Fsp3) is 0.368. The van der Waals surface area contributed by atoms with Crippen molar-refractivity contribution in [1.82, 2.24) is 15.5 Å². The number of nitrogens with one attached hydrogen (secondary N) is 2. The van der Waals surface area contributed by atoms with Crippen molar-refractivity contribution in [2.75, 3.05) is 20.1 Å². The third-order valence-corrected chi connectivity index (χ3v) is 6.09. The molecule has 0 spiro atoms. The molecule has 0 saturated carbocycles. The summed E-state index contributed by atoms with van der Waals surface area (Å²) < 4.78 is 0. The van der Waals surface area contributed by atoms with Crippen LogP contribution < -0.4 is 10.6 Å². The van der Waals surface area contributed by atoms with Crippen LogP contribution in [-0.2, 0) is 24.3 Å². The van der Waals surface area contributed by atoms with E-state index in [1.807, 2.05) is 11.0 Å². The van der Waals surface area contributed by atoms with Gasteiger partial charge in [0.1, 0.15) is 0 Å². The topological polar surface area (TPSA) is 56.7 Å². The van der Waals surface area contributed by atoms with E-state index in [1.165, 1.54) is 10.4 Å². The lowest BCUT2D eigenvalue weighted by atomic mass is 10.1. The van der Waals surface area contributed by atoms with E-state index in [4.69, 9.17) is 23.2 Å². The summed E-state index contributed by atoms with van der Waals surface area (Å²) in [6, 6.07) is 7.51. The van der Waals surface area contributed by atoms with Gasteiger partial charge in [-0.3, -0.25) is 9.79 Å². The van der Waals surface area contributed by atoms with Crippen LogP contribution in [0.2, 0.25) is 10.0 Å². The number of hydrogen-bond donors (Lipinski definition) is 2. The van der Waals surface area contributed by atoms with Gasteiger partial charge in [0.15, 0.2) is 5.96 Å². The molecule has 2 aromatic rings. The highest BCUT2D eigenvalue weighted by Crippen LogP contribution is 2.24. The predicted molar refractivity (Wildman–Crippen MR) is 113 cm³/mol. The van der Waals surface area contributed by atoms with E-state index in [-0.39, 0.29) is 5.91 Å². The van der Waals surface area contributed by atoms with E-state index in [2.05, 4.69) is 27.1 Å². The zero-order valence-electron chi connectivity index (χ0n) is 15.1. The van der Waals surface area contributed by atoms with Gasteiger partial charge in [-0.2, -0.15) is 0 Å². The number of aliphatic imine (C=N–C) groups is 1. The molecule has 1 aliphatic rings. The van der Waals surface area contributed by atoms with Gasteiger partial charge in [-0.1, -0.05) is 29.3 Å². The molecule has 0 fully saturated rings. The van der Waals surface area contributed by atoms with Crippen LogP contribution in [0.5, 0.6) is 0 Å². The Balaban J connectivity index is 1.42. The molecule has 0 unspecified atom stereocenters. The summed E-state index contributed by atoms with van der Waals surface area (Å²) in [5, 5.41) is 9.69. The van der Waals surface area contributed by atoms with E-state index in [0.717, 1.165) is 25.1 Å². The molecule has 8 heteroatoms. The molecule has 0 atom stereocenters. The number of carbonyl (C=O) groups excluding carboxylic acids is 1. The van der Waals surface area contributed by atoms with Crippen LogP contribution in [-0.4, -0.2) is 36.9 Å². The van der Waals surface area contributed by atoms with Crippen LogP contribution in [0.15, 0.2) is 34.6 Å². The molecule has 1 aromatic heterocycles. The maximum atomic E-state index is 12.5. The Labute approximate surface area is 173 Å². The summed E-state index contributed by atoms with van der Waals surface area (Å²) in [6.45, 7) is 2.57. The van der Waals surface area contributed by atoms with Crippen LogP contribution in [0.25, 0.3) is 0 Å². The van der Waals surface area contributed by atoms with Crippen LogP contribution >= 0.6 is 34.5 Å². The molecule has 5 nitrogen and oxygen atoms in total. The molecule has 1 aliphatic heterocycles. The fourth-order valence-electron chi connectivity index (χ4n) is 2.97. The smallest absolute Gasteiger partial charge is 0.224 e. The number of fused-ring (bicyclic) bond motifs is 1. The predicted octanol–water partition coefficient (Wildman–Crippen LogP) is 3.69. The molecule has 2 heterocycles. The van der Waals surface area contributed by atoms with Crippen molar-refractivity contribution in [3.63, 3.8) is 0 Å². The first kappa shape index (κ1) is 20.0. The van der Waals surface area contributed by atoms with Gasteiger partial charge in [-0.25, -0.2) is 0 Å². The van der Waals surface area contributed by atoms with E-state index in [9.17, 15) is 4.79 Å². The Bertz CT molecular complexity index is 837. The molecule has 2 N–H and O–H groups in total. The largest absolute Gasteiger partial charge is 0.356 e. The van der Waals surface area contributed by atoms with Crippen molar-refractivity contribution in [2.45, 2.75) is 25.9 Å². The standard InChI is InChI=1S/C19H22Cl2N4OS/c1-22-19(24-11-13-2-3-15(20)10-16(13)21)23-7-4-18(26)25-8-5-17-14(12-25)6-9-27-17/h2-3,6,9-10H,4-5,7-8,11-12H2,1H3,(H2,22,23,24). The average molecular weight is 425 g/mol. The third-order valence-electron chi connectivity index (χ3n) is 4.48. The molecule has 0 aliphatic carbocycles. The van der Waals surface area contributed by atoms with E-state index in [1.54, 1.807) is 30.5 Å². The van der Waals surface area contributed by atoms with E-state index < -0.39 is 0 Å². The third kappa shape index (κ3) is 5.37. The van der Waals surface area contributed by atoms with Gasteiger partial charge < -0.3 is 15.5 Å². The highest BCUT2D eigenvalue weighted by molar-refractivity contribution is 7.10. The number of carbonyl (C=O) groups is 1. The number of halogens is 2. The Morgan fingerprint density at radius 3 is 2.93 bits per heavy atom. The summed E-state index contributed by atoms with van der Waals surface area (Å²) in [4.78, 5) is 20.0. The summed E-state index contributed by atoms with van der Waals surface area (Å²) in [6.07, 6.45) is 1.39. The van der Waals surface area contributed by atoms with Gasteiger partial charge in [0.25, 0.3) is 0 Å². The molecule has 0 saturated heterocycles. The molecule has 27 heavy (non-hydrogen) atoms. The Hall–Kier alpha value is -1.76. The zero-order chi connectivity index (χ0) is 19.2. The van der Waals surface area contributed by atoms with Gasteiger partial charge in [0.2, 0.25) is 5.91 Å². The quantitative estimate of drug-likeness (QED) is 0.568. The number of rotatable bonds is 5. The summed E-state index contributed by atoms with van der Waals surface area (Å²) in [5.41, 5.74) is 2.21. The van der Waals surface area contributed by atoms with Crippen molar-refractivity contribution < 1.29 is 4.79 Å². The SMILES string of the molecule is CN=C(NCCC(=O)N1CCc2sccc2C1)NCc1ccc(Cl)cc1Cl. The minimum absolute atomic E-state index is 0.163. The normalized spacial score (nSPS) is 14.0. The Morgan fingerprint density at radius 1 is 1.30 bits per heavy atom. The Kier molecular flexibility index (Phi) is 6.99. The van der Waals surface area contributed by atoms with E-state index >= 15 is 0 Å². The number of hydrogen-bond acceptors (Lipinski definition) is 3. The van der Waals surface area contributed by atoms with Gasteiger partial charge in [0.05, 0.1) is 0 Å². The van der Waals surface area contributed by atoms with Crippen LogP contribution in [0.4, 0.5) is 0 Å². The minimum Gasteiger partial charge on any atom is -0.356 e. The lowest BCUT2D eigenvalue weighted by Gasteiger charge is -2.27. The fourth-order valence-corrected chi connectivity index (χ4v) is 4.34. The first-order chi connectivity index (χ1) is 13.1. The molecule has 1 aromatic carbocycles. The van der Waals surface area contributed by atoms with E-state index in [0.29, 0.717) is 35.5 Å². The number of nitrogens with zero attached hydrogens (tertiary/aromatic N) is 2. The first-order valence-corrected chi connectivity index (χ1v) is 10.4. The minimum atomic E-state index is 0.163. The van der Waals surface area contributed by atoms with Crippen LogP contribution in [0.1, 0.15) is 22.4 Å². The summed E-state index contributed by atoms with van der Waals surface area (Å²) in [5.74, 6) is 0.795. The summed E-state index contributed by atoms with van der Waals surface area (Å²) >= 11 is 13.9. The van der Waals surface area contributed by atoms with Gasteiger partial charge in [0, 0.05) is 54.6 Å². The molecule has 3 rings (SSSR count). The Morgan fingerprint density at radius 2 is 2.15 bits per heavy atom. The van der Waals surface area contributed by atoms with Crippen molar-refractivity contribution in [1.29, 1.82) is 0 Å². The second kappa shape index (κ2) is 9.44. The second-order valence-electron chi connectivity index (χ2n) is 6.27. The number of amides is 1.